The van der Waals surface area contributed by atoms with Crippen LogP contribution in [0, 0.1) is 17.8 Å². The normalized spacial score (nSPS) is 30.0. The minimum Gasteiger partial charge on any atom is -0.388 e. The van der Waals surface area contributed by atoms with Gasteiger partial charge in [0, 0.05) is 4.47 Å². The standard InChI is InChI=1S/C18H19BrO/c19-17-8-7-15(13-3-1-2-4-14(13)17)18(20)16-10-11-5-6-12(16)9-11/h1-4,7-8,11-12,16,18,20H,5-6,9-10H2. The van der Waals surface area contributed by atoms with Crippen molar-refractivity contribution in [1.82, 2.24) is 0 Å². The number of aliphatic hydroxyl groups is 1. The molecule has 4 rings (SSSR count). The van der Waals surface area contributed by atoms with Gasteiger partial charge in [-0.2, -0.15) is 0 Å². The molecule has 2 saturated carbocycles. The predicted molar refractivity (Wildman–Crippen MR) is 85.5 cm³/mol. The first-order chi connectivity index (χ1) is 9.74. The highest BCUT2D eigenvalue weighted by molar-refractivity contribution is 9.10. The van der Waals surface area contributed by atoms with Crippen molar-refractivity contribution in [2.45, 2.75) is 31.8 Å². The summed E-state index contributed by atoms with van der Waals surface area (Å²) in [5, 5.41) is 13.3. The van der Waals surface area contributed by atoms with Gasteiger partial charge in [-0.05, 0) is 59.4 Å². The topological polar surface area (TPSA) is 20.2 Å². The number of halogens is 1. The molecule has 2 fully saturated rings. The van der Waals surface area contributed by atoms with Crippen LogP contribution in [-0.2, 0) is 0 Å². The summed E-state index contributed by atoms with van der Waals surface area (Å²) in [6.07, 6.45) is 4.96. The molecule has 0 radical (unpaired) electrons. The van der Waals surface area contributed by atoms with Gasteiger partial charge in [-0.15, -0.1) is 0 Å². The van der Waals surface area contributed by atoms with Crippen molar-refractivity contribution < 1.29 is 5.11 Å². The summed E-state index contributed by atoms with van der Waals surface area (Å²) in [6.45, 7) is 0. The molecule has 104 valence electrons. The highest BCUT2D eigenvalue weighted by atomic mass is 79.9. The van der Waals surface area contributed by atoms with E-state index >= 15 is 0 Å². The molecule has 0 heterocycles. The molecular formula is C18H19BrO. The molecule has 2 aromatic rings. The van der Waals surface area contributed by atoms with Crippen LogP contribution in [-0.4, -0.2) is 5.11 Å². The lowest BCUT2D eigenvalue weighted by Crippen LogP contribution is -2.19. The quantitative estimate of drug-likeness (QED) is 0.814. The van der Waals surface area contributed by atoms with Gasteiger partial charge in [0.25, 0.3) is 0 Å². The molecule has 2 aromatic carbocycles. The fraction of sp³-hybridized carbons (Fsp3) is 0.444. The Balaban J connectivity index is 1.77. The first-order valence-corrected chi connectivity index (χ1v) is 8.38. The highest BCUT2D eigenvalue weighted by Gasteiger charge is 2.43. The second-order valence-electron chi connectivity index (χ2n) is 6.47. The fourth-order valence-electron chi connectivity index (χ4n) is 4.45. The Bertz CT molecular complexity index is 651. The predicted octanol–water partition coefficient (Wildman–Crippen LogP) is 5.07. The molecule has 2 heteroatoms. The number of rotatable bonds is 2. The highest BCUT2D eigenvalue weighted by Crippen LogP contribution is 2.53. The van der Waals surface area contributed by atoms with E-state index in [9.17, 15) is 5.11 Å². The summed E-state index contributed by atoms with van der Waals surface area (Å²) in [5.41, 5.74) is 1.11. The van der Waals surface area contributed by atoms with Crippen LogP contribution in [0.3, 0.4) is 0 Å². The maximum absolute atomic E-state index is 10.9. The second kappa shape index (κ2) is 4.85. The van der Waals surface area contributed by atoms with Gasteiger partial charge in [-0.1, -0.05) is 52.7 Å². The number of fused-ring (bicyclic) bond motifs is 3. The summed E-state index contributed by atoms with van der Waals surface area (Å²) < 4.78 is 1.11. The van der Waals surface area contributed by atoms with Gasteiger partial charge in [-0.25, -0.2) is 0 Å². The van der Waals surface area contributed by atoms with Crippen molar-refractivity contribution in [3.8, 4) is 0 Å². The third-order valence-electron chi connectivity index (χ3n) is 5.42. The second-order valence-corrected chi connectivity index (χ2v) is 7.32. The van der Waals surface area contributed by atoms with E-state index < -0.39 is 0 Å². The van der Waals surface area contributed by atoms with E-state index in [1.165, 1.54) is 36.5 Å². The third-order valence-corrected chi connectivity index (χ3v) is 6.11. The summed E-state index contributed by atoms with van der Waals surface area (Å²) >= 11 is 3.61. The zero-order valence-corrected chi connectivity index (χ0v) is 13.0. The molecule has 4 atom stereocenters. The van der Waals surface area contributed by atoms with Crippen LogP contribution in [0.2, 0.25) is 0 Å². The van der Waals surface area contributed by atoms with Gasteiger partial charge in [0.1, 0.15) is 0 Å². The number of aliphatic hydroxyl groups excluding tert-OH is 1. The minimum atomic E-state index is -0.303. The lowest BCUT2D eigenvalue weighted by molar-refractivity contribution is 0.0757. The SMILES string of the molecule is OC(c1ccc(Br)c2ccccc12)C1CC2CCC1C2. The summed E-state index contributed by atoms with van der Waals surface area (Å²) in [6, 6.07) is 12.5. The maximum atomic E-state index is 10.9. The van der Waals surface area contributed by atoms with Crippen LogP contribution >= 0.6 is 15.9 Å². The fourth-order valence-corrected chi connectivity index (χ4v) is 4.93. The first kappa shape index (κ1) is 12.8. The molecule has 4 unspecified atom stereocenters. The van der Waals surface area contributed by atoms with E-state index in [0.29, 0.717) is 5.92 Å². The van der Waals surface area contributed by atoms with Crippen LogP contribution in [0.15, 0.2) is 40.9 Å². The minimum absolute atomic E-state index is 0.303. The molecule has 0 saturated heterocycles. The zero-order chi connectivity index (χ0) is 13.7. The summed E-state index contributed by atoms with van der Waals surface area (Å²) in [4.78, 5) is 0. The van der Waals surface area contributed by atoms with Crippen LogP contribution in [0.5, 0.6) is 0 Å². The molecule has 0 aliphatic heterocycles. The van der Waals surface area contributed by atoms with Gasteiger partial charge in [0.15, 0.2) is 0 Å². The van der Waals surface area contributed by atoms with Crippen molar-refractivity contribution in [2.24, 2.45) is 17.8 Å². The monoisotopic (exact) mass is 330 g/mol. The Kier molecular flexibility index (Phi) is 3.12. The van der Waals surface area contributed by atoms with E-state index in [-0.39, 0.29) is 6.10 Å². The molecule has 0 amide bonds. The molecule has 2 bridgehead atoms. The number of benzene rings is 2. The number of hydrogen-bond donors (Lipinski definition) is 1. The van der Waals surface area contributed by atoms with Gasteiger partial charge >= 0.3 is 0 Å². The van der Waals surface area contributed by atoms with Crippen molar-refractivity contribution >= 4 is 26.7 Å². The Morgan fingerprint density at radius 1 is 1.00 bits per heavy atom. The van der Waals surface area contributed by atoms with E-state index in [1.807, 2.05) is 0 Å². The van der Waals surface area contributed by atoms with Crippen molar-refractivity contribution in [3.05, 3.63) is 46.4 Å². The van der Waals surface area contributed by atoms with Crippen LogP contribution < -0.4 is 0 Å². The van der Waals surface area contributed by atoms with E-state index in [2.05, 4.69) is 52.3 Å². The average Bonchev–Trinajstić information content (AvgIpc) is 3.10. The van der Waals surface area contributed by atoms with Crippen LogP contribution in [0.4, 0.5) is 0 Å². The van der Waals surface area contributed by atoms with Gasteiger partial charge < -0.3 is 5.11 Å². The van der Waals surface area contributed by atoms with Gasteiger partial charge in [0.05, 0.1) is 6.10 Å². The average molecular weight is 331 g/mol. The molecule has 0 aromatic heterocycles. The van der Waals surface area contributed by atoms with E-state index in [0.717, 1.165) is 21.9 Å². The molecule has 2 aliphatic carbocycles. The Morgan fingerprint density at radius 3 is 2.50 bits per heavy atom. The molecule has 0 spiro atoms. The Hall–Kier alpha value is -0.860. The van der Waals surface area contributed by atoms with Crippen molar-refractivity contribution in [1.29, 1.82) is 0 Å². The number of hydrogen-bond acceptors (Lipinski definition) is 1. The van der Waals surface area contributed by atoms with E-state index in [1.54, 1.807) is 0 Å². The van der Waals surface area contributed by atoms with Crippen LogP contribution in [0.1, 0.15) is 37.4 Å². The lowest BCUT2D eigenvalue weighted by atomic mass is 9.81. The molecular weight excluding hydrogens is 312 g/mol. The summed E-state index contributed by atoms with van der Waals surface area (Å²) in [5.74, 6) is 2.09. The maximum Gasteiger partial charge on any atom is 0.0826 e. The van der Waals surface area contributed by atoms with Crippen LogP contribution in [0.25, 0.3) is 10.8 Å². The zero-order valence-electron chi connectivity index (χ0n) is 11.4. The summed E-state index contributed by atoms with van der Waals surface area (Å²) in [7, 11) is 0. The van der Waals surface area contributed by atoms with E-state index in [4.69, 9.17) is 0 Å². The Morgan fingerprint density at radius 2 is 1.80 bits per heavy atom. The van der Waals surface area contributed by atoms with Crippen molar-refractivity contribution in [3.63, 3.8) is 0 Å². The Labute approximate surface area is 128 Å². The molecule has 1 nitrogen and oxygen atoms in total. The third kappa shape index (κ3) is 1.93. The van der Waals surface area contributed by atoms with Crippen molar-refractivity contribution in [2.75, 3.05) is 0 Å². The van der Waals surface area contributed by atoms with Gasteiger partial charge in [0.2, 0.25) is 0 Å². The lowest BCUT2D eigenvalue weighted by Gasteiger charge is -2.28. The largest absolute Gasteiger partial charge is 0.388 e. The molecule has 2 aliphatic rings. The molecule has 20 heavy (non-hydrogen) atoms. The molecule has 1 N–H and O–H groups in total. The van der Waals surface area contributed by atoms with Gasteiger partial charge in [-0.3, -0.25) is 0 Å². The first-order valence-electron chi connectivity index (χ1n) is 7.59. The smallest absolute Gasteiger partial charge is 0.0826 e.